The van der Waals surface area contributed by atoms with E-state index in [0.29, 0.717) is 18.5 Å². The van der Waals surface area contributed by atoms with Gasteiger partial charge in [0.15, 0.2) is 0 Å². The van der Waals surface area contributed by atoms with Crippen molar-refractivity contribution in [2.45, 2.75) is 18.4 Å². The van der Waals surface area contributed by atoms with Gasteiger partial charge in [0.25, 0.3) is 0 Å². The van der Waals surface area contributed by atoms with Gasteiger partial charge in [-0.25, -0.2) is 8.42 Å². The van der Waals surface area contributed by atoms with Crippen molar-refractivity contribution in [3.63, 3.8) is 0 Å². The van der Waals surface area contributed by atoms with Crippen molar-refractivity contribution in [1.29, 1.82) is 0 Å². The first-order valence-corrected chi connectivity index (χ1v) is 12.3. The first-order chi connectivity index (χ1) is 15.6. The quantitative estimate of drug-likeness (QED) is 0.197. The van der Waals surface area contributed by atoms with Crippen molar-refractivity contribution < 1.29 is 28.8 Å². The molecule has 33 heavy (non-hydrogen) atoms. The molecule has 0 aliphatic carbocycles. The van der Waals surface area contributed by atoms with Gasteiger partial charge in [-0.3, -0.25) is 4.72 Å². The summed E-state index contributed by atoms with van der Waals surface area (Å²) in [7, 11) is -3.57. The SMILES string of the molecule is CS(=O)(=O)Nc1cc(C(O)CNCCC(c2ccc(O)cc2)c2ccc(O)cc2)ccc1O. The molecule has 1 atom stereocenters. The lowest BCUT2D eigenvalue weighted by Gasteiger charge is -2.20. The van der Waals surface area contributed by atoms with Crippen LogP contribution in [-0.4, -0.2) is 48.2 Å². The number of aliphatic hydroxyl groups excluding tert-OH is 1. The van der Waals surface area contributed by atoms with Gasteiger partial charge in [0, 0.05) is 12.5 Å². The lowest BCUT2D eigenvalue weighted by molar-refractivity contribution is 0.174. The molecule has 3 aromatic rings. The van der Waals surface area contributed by atoms with Gasteiger partial charge in [0.1, 0.15) is 17.2 Å². The van der Waals surface area contributed by atoms with E-state index in [1.807, 2.05) is 24.3 Å². The number of rotatable bonds is 10. The Morgan fingerprint density at radius 3 is 1.85 bits per heavy atom. The smallest absolute Gasteiger partial charge is 0.229 e. The maximum atomic E-state index is 11.5. The molecule has 0 aliphatic rings. The number of sulfonamides is 1. The van der Waals surface area contributed by atoms with Crippen LogP contribution in [-0.2, 0) is 10.0 Å². The number of aromatic hydroxyl groups is 3. The molecule has 0 fully saturated rings. The Morgan fingerprint density at radius 2 is 1.33 bits per heavy atom. The molecule has 0 heterocycles. The number of hydrogen-bond donors (Lipinski definition) is 6. The fourth-order valence-corrected chi connectivity index (χ4v) is 4.15. The van der Waals surface area contributed by atoms with E-state index < -0.39 is 16.1 Å². The summed E-state index contributed by atoms with van der Waals surface area (Å²) in [6, 6.07) is 18.2. The molecular formula is C24H28N2O6S. The second-order valence-electron chi connectivity index (χ2n) is 7.90. The number of benzene rings is 3. The Hall–Kier alpha value is -3.27. The maximum absolute atomic E-state index is 11.5. The van der Waals surface area contributed by atoms with Crippen LogP contribution >= 0.6 is 0 Å². The highest BCUT2D eigenvalue weighted by Crippen LogP contribution is 2.30. The minimum absolute atomic E-state index is 0.00812. The molecule has 3 aromatic carbocycles. The van der Waals surface area contributed by atoms with Gasteiger partial charge in [0.05, 0.1) is 18.0 Å². The third-order valence-corrected chi connectivity index (χ3v) is 5.83. The Balaban J connectivity index is 1.64. The van der Waals surface area contributed by atoms with E-state index >= 15 is 0 Å². The van der Waals surface area contributed by atoms with Crippen molar-refractivity contribution >= 4 is 15.7 Å². The summed E-state index contributed by atoms with van der Waals surface area (Å²) in [4.78, 5) is 0. The van der Waals surface area contributed by atoms with Gasteiger partial charge in [0.2, 0.25) is 10.0 Å². The molecule has 0 bridgehead atoms. The van der Waals surface area contributed by atoms with E-state index in [4.69, 9.17) is 0 Å². The van der Waals surface area contributed by atoms with E-state index in [9.17, 15) is 28.8 Å². The van der Waals surface area contributed by atoms with Crippen molar-refractivity contribution in [3.8, 4) is 17.2 Å². The molecule has 3 rings (SSSR count). The Labute approximate surface area is 193 Å². The molecule has 0 radical (unpaired) electrons. The van der Waals surface area contributed by atoms with Crippen LogP contribution in [0.15, 0.2) is 66.7 Å². The van der Waals surface area contributed by atoms with Crippen LogP contribution in [0.25, 0.3) is 0 Å². The molecular weight excluding hydrogens is 444 g/mol. The largest absolute Gasteiger partial charge is 0.508 e. The molecule has 0 aromatic heterocycles. The number of aliphatic hydroxyl groups is 1. The predicted octanol–water partition coefficient (Wildman–Crippen LogP) is 3.02. The molecule has 0 aliphatic heterocycles. The standard InChI is InChI=1S/C24H28N2O6S/c1-33(31,32)26-22-14-18(6-11-23(22)29)24(30)15-25-13-12-21(16-2-7-19(27)8-3-16)17-4-9-20(28)10-5-17/h2-11,14,21,24-30H,12-13,15H2,1H3. The zero-order chi connectivity index (χ0) is 24.0. The second-order valence-corrected chi connectivity index (χ2v) is 9.64. The minimum Gasteiger partial charge on any atom is -0.508 e. The zero-order valence-electron chi connectivity index (χ0n) is 18.1. The molecule has 0 saturated carbocycles. The van der Waals surface area contributed by atoms with Crippen LogP contribution in [0.1, 0.15) is 35.1 Å². The van der Waals surface area contributed by atoms with E-state index in [1.54, 1.807) is 24.3 Å². The average Bonchev–Trinajstić information content (AvgIpc) is 2.76. The minimum atomic E-state index is -3.57. The molecule has 9 heteroatoms. The van der Waals surface area contributed by atoms with E-state index in [-0.39, 0.29) is 35.4 Å². The van der Waals surface area contributed by atoms with Crippen LogP contribution in [0.3, 0.4) is 0 Å². The summed E-state index contributed by atoms with van der Waals surface area (Å²) in [5, 5.41) is 42.8. The van der Waals surface area contributed by atoms with Crippen LogP contribution in [0.2, 0.25) is 0 Å². The fraction of sp³-hybridized carbons (Fsp3) is 0.250. The van der Waals surface area contributed by atoms with Gasteiger partial charge in [-0.15, -0.1) is 0 Å². The van der Waals surface area contributed by atoms with E-state index in [0.717, 1.165) is 17.4 Å². The second kappa shape index (κ2) is 10.6. The van der Waals surface area contributed by atoms with Gasteiger partial charge in [-0.1, -0.05) is 30.3 Å². The first-order valence-electron chi connectivity index (χ1n) is 10.4. The van der Waals surface area contributed by atoms with Gasteiger partial charge in [-0.2, -0.15) is 0 Å². The number of anilines is 1. The van der Waals surface area contributed by atoms with Gasteiger partial charge < -0.3 is 25.7 Å². The number of phenols is 3. The first kappa shape index (κ1) is 24.4. The predicted molar refractivity (Wildman–Crippen MR) is 127 cm³/mol. The van der Waals surface area contributed by atoms with E-state index in [2.05, 4.69) is 10.0 Å². The van der Waals surface area contributed by atoms with Gasteiger partial charge in [-0.05, 0) is 66.1 Å². The maximum Gasteiger partial charge on any atom is 0.229 e. The van der Waals surface area contributed by atoms with Crippen molar-refractivity contribution in [2.75, 3.05) is 24.1 Å². The topological polar surface area (TPSA) is 139 Å². The van der Waals surface area contributed by atoms with Crippen LogP contribution in [0, 0.1) is 0 Å². The Morgan fingerprint density at radius 1 is 0.818 bits per heavy atom. The summed E-state index contributed by atoms with van der Waals surface area (Å²) in [6.45, 7) is 0.789. The molecule has 8 nitrogen and oxygen atoms in total. The fourth-order valence-electron chi connectivity index (χ4n) is 3.58. The highest BCUT2D eigenvalue weighted by atomic mass is 32.2. The molecule has 0 amide bonds. The van der Waals surface area contributed by atoms with Crippen LogP contribution < -0.4 is 10.0 Å². The molecule has 0 spiro atoms. The summed E-state index contributed by atoms with van der Waals surface area (Å²) in [6.07, 6.45) is 0.764. The number of nitrogens with one attached hydrogen (secondary N) is 2. The lowest BCUT2D eigenvalue weighted by Crippen LogP contribution is -2.24. The third kappa shape index (κ3) is 7.11. The summed E-state index contributed by atoms with van der Waals surface area (Å²) >= 11 is 0. The molecule has 1 unspecified atom stereocenters. The van der Waals surface area contributed by atoms with Gasteiger partial charge >= 0.3 is 0 Å². The molecule has 176 valence electrons. The lowest BCUT2D eigenvalue weighted by atomic mass is 9.88. The Bertz CT molecular complexity index is 1120. The van der Waals surface area contributed by atoms with Crippen LogP contribution in [0.5, 0.6) is 17.2 Å². The monoisotopic (exact) mass is 472 g/mol. The molecule has 0 saturated heterocycles. The summed E-state index contributed by atoms with van der Waals surface area (Å²) < 4.78 is 25.1. The highest BCUT2D eigenvalue weighted by molar-refractivity contribution is 7.92. The zero-order valence-corrected chi connectivity index (χ0v) is 19.0. The van der Waals surface area contributed by atoms with Crippen LogP contribution in [0.4, 0.5) is 5.69 Å². The molecule has 6 N–H and O–H groups in total. The van der Waals surface area contributed by atoms with E-state index in [1.165, 1.54) is 18.2 Å². The van der Waals surface area contributed by atoms with Crippen molar-refractivity contribution in [1.82, 2.24) is 5.32 Å². The third-order valence-electron chi connectivity index (χ3n) is 5.24. The number of phenolic OH excluding ortho intramolecular Hbond substituents is 3. The normalized spacial score (nSPS) is 12.6. The summed E-state index contributed by atoms with van der Waals surface area (Å²) in [5.74, 6) is 0.149. The van der Waals surface area contributed by atoms with Crippen molar-refractivity contribution in [3.05, 3.63) is 83.4 Å². The number of hydrogen-bond acceptors (Lipinski definition) is 7. The Kier molecular flexibility index (Phi) is 7.80. The average molecular weight is 473 g/mol. The summed E-state index contributed by atoms with van der Waals surface area (Å²) in [5.41, 5.74) is 2.49. The van der Waals surface area contributed by atoms with Crippen molar-refractivity contribution in [2.24, 2.45) is 0 Å². The highest BCUT2D eigenvalue weighted by Gasteiger charge is 2.16.